The van der Waals surface area contributed by atoms with Gasteiger partial charge in [-0.15, -0.1) is 0 Å². The summed E-state index contributed by atoms with van der Waals surface area (Å²) in [4.78, 5) is 25.8. The van der Waals surface area contributed by atoms with E-state index in [9.17, 15) is 9.59 Å². The number of aryl methyl sites for hydroxylation is 1. The Balaban J connectivity index is 2.19. The third-order valence-electron chi connectivity index (χ3n) is 3.75. The predicted molar refractivity (Wildman–Crippen MR) is 90.2 cm³/mol. The third-order valence-corrected chi connectivity index (χ3v) is 3.75. The van der Waals surface area contributed by atoms with Crippen LogP contribution in [-0.2, 0) is 0 Å². The van der Waals surface area contributed by atoms with Crippen LogP contribution < -0.4 is 16.8 Å². The van der Waals surface area contributed by atoms with E-state index in [1.54, 1.807) is 6.07 Å². The molecular weight excluding hydrogens is 292 g/mol. The van der Waals surface area contributed by atoms with Crippen molar-refractivity contribution >= 4 is 28.7 Å². The van der Waals surface area contributed by atoms with Gasteiger partial charge in [-0.05, 0) is 29.7 Å². The topological polar surface area (TPSA) is 114 Å². The summed E-state index contributed by atoms with van der Waals surface area (Å²) in [5.74, 6) is -0.425. The first-order valence-corrected chi connectivity index (χ1v) is 7.05. The molecule has 6 heteroatoms. The van der Waals surface area contributed by atoms with E-state index >= 15 is 0 Å². The van der Waals surface area contributed by atoms with Gasteiger partial charge in [0, 0.05) is 10.9 Å². The summed E-state index contributed by atoms with van der Waals surface area (Å²) in [6.07, 6.45) is 0. The lowest BCUT2D eigenvalue weighted by molar-refractivity contribution is 0.100. The van der Waals surface area contributed by atoms with Gasteiger partial charge in [0.15, 0.2) is 0 Å². The molecule has 3 aromatic rings. The Kier molecular flexibility index (Phi) is 3.50. The molecule has 2 aromatic carbocycles. The van der Waals surface area contributed by atoms with Crippen LogP contribution >= 0.6 is 0 Å². The summed E-state index contributed by atoms with van der Waals surface area (Å²) in [5.41, 5.74) is 14.7. The molecule has 6 N–H and O–H groups in total. The molecular formula is C17H16N4O2. The molecule has 6 nitrogen and oxygen atoms in total. The lowest BCUT2D eigenvalue weighted by atomic mass is 9.99. The number of carbonyl (C=O) groups is 2. The second-order valence-corrected chi connectivity index (χ2v) is 5.30. The number of fused-ring (bicyclic) bond motifs is 1. The van der Waals surface area contributed by atoms with Crippen molar-refractivity contribution in [2.45, 2.75) is 6.92 Å². The highest BCUT2D eigenvalue weighted by molar-refractivity contribution is 6.13. The Labute approximate surface area is 132 Å². The summed E-state index contributed by atoms with van der Waals surface area (Å²) in [6.45, 7) is 2.03. The van der Waals surface area contributed by atoms with Crippen molar-refractivity contribution in [3.63, 3.8) is 0 Å². The monoisotopic (exact) mass is 308 g/mol. The van der Waals surface area contributed by atoms with Crippen LogP contribution in [0, 0.1) is 6.92 Å². The number of anilines is 1. The highest BCUT2D eigenvalue weighted by Gasteiger charge is 2.18. The molecule has 0 radical (unpaired) electrons. The van der Waals surface area contributed by atoms with Crippen LogP contribution in [0.1, 0.15) is 15.9 Å². The maximum absolute atomic E-state index is 11.7. The molecule has 116 valence electrons. The number of carbonyl (C=O) groups excluding carboxylic acids is 2. The number of nitrogens with two attached hydrogens (primary N) is 2. The number of rotatable bonds is 3. The number of H-pyrrole nitrogens is 1. The number of aromatic nitrogens is 1. The van der Waals surface area contributed by atoms with Crippen molar-refractivity contribution in [1.29, 1.82) is 0 Å². The minimum absolute atomic E-state index is 0.210. The summed E-state index contributed by atoms with van der Waals surface area (Å²) in [7, 11) is 0. The molecule has 0 unspecified atom stereocenters. The fourth-order valence-corrected chi connectivity index (χ4v) is 2.73. The first kappa shape index (κ1) is 14.6. The van der Waals surface area contributed by atoms with Gasteiger partial charge in [-0.25, -0.2) is 4.79 Å². The minimum atomic E-state index is -0.766. The minimum Gasteiger partial charge on any atom is -0.365 e. The van der Waals surface area contributed by atoms with Crippen molar-refractivity contribution in [2.75, 3.05) is 5.32 Å². The second kappa shape index (κ2) is 5.49. The van der Waals surface area contributed by atoms with E-state index in [1.807, 2.05) is 43.3 Å². The Morgan fingerprint density at radius 2 is 1.83 bits per heavy atom. The number of urea groups is 1. The fraction of sp³-hybridized carbons (Fsp3) is 0.0588. The Bertz CT molecular complexity index is 927. The van der Waals surface area contributed by atoms with Crippen LogP contribution in [0.25, 0.3) is 22.0 Å². The molecule has 0 saturated heterocycles. The van der Waals surface area contributed by atoms with Crippen LogP contribution in [0.5, 0.6) is 0 Å². The van der Waals surface area contributed by atoms with Crippen molar-refractivity contribution in [2.24, 2.45) is 11.5 Å². The average Bonchev–Trinajstić information content (AvgIpc) is 2.83. The molecule has 0 fully saturated rings. The molecule has 0 saturated carbocycles. The number of hydrogen-bond acceptors (Lipinski definition) is 2. The molecule has 3 amide bonds. The molecule has 0 spiro atoms. The lowest BCUT2D eigenvalue weighted by Gasteiger charge is -2.05. The first-order valence-electron chi connectivity index (χ1n) is 7.05. The number of benzene rings is 2. The first-order chi connectivity index (χ1) is 11.0. The van der Waals surface area contributed by atoms with Crippen molar-refractivity contribution in [1.82, 2.24) is 4.98 Å². The van der Waals surface area contributed by atoms with Crippen LogP contribution in [0.4, 0.5) is 10.6 Å². The zero-order valence-corrected chi connectivity index (χ0v) is 12.5. The third kappa shape index (κ3) is 2.62. The SMILES string of the molecule is Cc1ccccc1-c1ccc2c(C(N)=O)c(NC(N)=O)[nH]c2c1. The average molecular weight is 308 g/mol. The Morgan fingerprint density at radius 3 is 2.48 bits per heavy atom. The van der Waals surface area contributed by atoms with Gasteiger partial charge in [-0.2, -0.15) is 0 Å². The van der Waals surface area contributed by atoms with Gasteiger partial charge in [0.1, 0.15) is 5.82 Å². The molecule has 0 atom stereocenters. The van der Waals surface area contributed by atoms with Gasteiger partial charge in [-0.1, -0.05) is 36.4 Å². The molecule has 0 aliphatic heterocycles. The van der Waals surface area contributed by atoms with Crippen molar-refractivity contribution in [3.8, 4) is 11.1 Å². The van der Waals surface area contributed by atoms with E-state index in [0.29, 0.717) is 10.9 Å². The van der Waals surface area contributed by atoms with Crippen LogP contribution in [0.15, 0.2) is 42.5 Å². The summed E-state index contributed by atoms with van der Waals surface area (Å²) >= 11 is 0. The maximum atomic E-state index is 11.7. The fourth-order valence-electron chi connectivity index (χ4n) is 2.73. The van der Waals surface area contributed by atoms with Gasteiger partial charge in [0.05, 0.1) is 5.56 Å². The van der Waals surface area contributed by atoms with Crippen LogP contribution in [0.2, 0.25) is 0 Å². The van der Waals surface area contributed by atoms with Crippen LogP contribution in [-0.4, -0.2) is 16.9 Å². The molecule has 1 aromatic heterocycles. The van der Waals surface area contributed by atoms with Gasteiger partial charge in [0.2, 0.25) is 0 Å². The maximum Gasteiger partial charge on any atom is 0.317 e. The molecule has 23 heavy (non-hydrogen) atoms. The van der Waals surface area contributed by atoms with Gasteiger partial charge in [0.25, 0.3) is 5.91 Å². The molecule has 0 aliphatic rings. The van der Waals surface area contributed by atoms with E-state index in [1.165, 1.54) is 0 Å². The highest BCUT2D eigenvalue weighted by Crippen LogP contribution is 2.31. The van der Waals surface area contributed by atoms with Crippen LogP contribution in [0.3, 0.4) is 0 Å². The summed E-state index contributed by atoms with van der Waals surface area (Å²) < 4.78 is 0. The van der Waals surface area contributed by atoms with Gasteiger partial charge >= 0.3 is 6.03 Å². The van der Waals surface area contributed by atoms with Crippen molar-refractivity contribution < 1.29 is 9.59 Å². The highest BCUT2D eigenvalue weighted by atomic mass is 16.2. The number of amides is 3. The predicted octanol–water partition coefficient (Wildman–Crippen LogP) is 2.73. The van der Waals surface area contributed by atoms with E-state index in [2.05, 4.69) is 10.3 Å². The molecule has 1 heterocycles. The summed E-state index contributed by atoms with van der Waals surface area (Å²) in [6, 6.07) is 12.9. The molecule has 0 aliphatic carbocycles. The largest absolute Gasteiger partial charge is 0.365 e. The molecule has 0 bridgehead atoms. The zero-order valence-electron chi connectivity index (χ0n) is 12.5. The number of hydrogen-bond donors (Lipinski definition) is 4. The summed E-state index contributed by atoms with van der Waals surface area (Å²) in [5, 5.41) is 3.03. The normalized spacial score (nSPS) is 10.7. The number of primary amides is 2. The smallest absolute Gasteiger partial charge is 0.317 e. The Hall–Kier alpha value is -3.28. The van der Waals surface area contributed by atoms with E-state index < -0.39 is 11.9 Å². The number of nitrogens with one attached hydrogen (secondary N) is 2. The van der Waals surface area contributed by atoms with Gasteiger partial charge in [-0.3, -0.25) is 10.1 Å². The zero-order chi connectivity index (χ0) is 16.6. The van der Waals surface area contributed by atoms with E-state index in [-0.39, 0.29) is 11.4 Å². The van der Waals surface area contributed by atoms with E-state index in [4.69, 9.17) is 11.5 Å². The van der Waals surface area contributed by atoms with Gasteiger partial charge < -0.3 is 16.5 Å². The quantitative estimate of drug-likeness (QED) is 0.596. The second-order valence-electron chi connectivity index (χ2n) is 5.30. The van der Waals surface area contributed by atoms with E-state index in [0.717, 1.165) is 16.7 Å². The van der Waals surface area contributed by atoms with Crippen molar-refractivity contribution in [3.05, 3.63) is 53.6 Å². The standard InChI is InChI=1S/C17H16N4O2/c1-9-4-2-3-5-11(9)10-6-7-12-13(8-10)20-16(21-17(19)23)14(12)15(18)22/h2-8,20H,1H3,(H2,18,22)(H3,19,21,23). The molecule has 3 rings (SSSR count). The Morgan fingerprint density at radius 1 is 1.09 bits per heavy atom. The number of aromatic amines is 1. The lowest BCUT2D eigenvalue weighted by Crippen LogP contribution is -2.22.